The highest BCUT2D eigenvalue weighted by Crippen LogP contribution is 2.34. The summed E-state index contributed by atoms with van der Waals surface area (Å²) in [5.41, 5.74) is 5.66. The van der Waals surface area contributed by atoms with Crippen molar-refractivity contribution in [2.45, 2.75) is 51.6 Å². The predicted molar refractivity (Wildman–Crippen MR) is 78.0 cm³/mol. The Kier molecular flexibility index (Phi) is 7.18. The van der Waals surface area contributed by atoms with E-state index in [2.05, 4.69) is 17.1 Å². The Bertz CT molecular complexity index is 267. The molecular weight excluding hydrogens is 250 g/mol. The van der Waals surface area contributed by atoms with Gasteiger partial charge in [-0.2, -0.15) is 0 Å². The molecule has 1 rings (SSSR count). The molecule has 5 heteroatoms. The Morgan fingerprint density at radius 3 is 2.44 bits per heavy atom. The average Bonchev–Trinajstić information content (AvgIpc) is 3.02. The molecule has 0 aromatic carbocycles. The van der Waals surface area contributed by atoms with Gasteiger partial charge in [0, 0.05) is 18.1 Å². The van der Waals surface area contributed by atoms with E-state index < -0.39 is 0 Å². The van der Waals surface area contributed by atoms with Gasteiger partial charge < -0.3 is 11.1 Å². The number of carbonyl (C=O) groups is 1. The van der Waals surface area contributed by atoms with Crippen LogP contribution in [0.25, 0.3) is 0 Å². The summed E-state index contributed by atoms with van der Waals surface area (Å²) in [6.45, 7) is 7.27. The smallest absolute Gasteiger partial charge is 0.234 e. The van der Waals surface area contributed by atoms with E-state index in [-0.39, 0.29) is 23.9 Å². The molecule has 18 heavy (non-hydrogen) atoms. The number of hydrogen-bond acceptors (Lipinski definition) is 3. The Hall–Kier alpha value is -0.320. The molecule has 0 radical (unpaired) electrons. The fourth-order valence-corrected chi connectivity index (χ4v) is 2.06. The Morgan fingerprint density at radius 1 is 1.50 bits per heavy atom. The van der Waals surface area contributed by atoms with Crippen LogP contribution in [0.3, 0.4) is 0 Å². The number of carbonyl (C=O) groups excluding carboxylic acids is 1. The summed E-state index contributed by atoms with van der Waals surface area (Å²) >= 11 is 0. The normalized spacial score (nSPS) is 17.2. The molecule has 0 aromatic rings. The number of likely N-dealkylation sites (N-methyl/N-ethyl adjacent to an activating group) is 1. The topological polar surface area (TPSA) is 58.4 Å². The summed E-state index contributed by atoms with van der Waals surface area (Å²) in [5.74, 6) is 0.801. The average molecular weight is 278 g/mol. The van der Waals surface area contributed by atoms with Crippen LogP contribution in [0.1, 0.15) is 40.0 Å². The third-order valence-electron chi connectivity index (χ3n) is 3.73. The molecule has 1 aliphatic carbocycles. The lowest BCUT2D eigenvalue weighted by atomic mass is 10.0. The van der Waals surface area contributed by atoms with Crippen LogP contribution < -0.4 is 11.1 Å². The van der Waals surface area contributed by atoms with Crippen molar-refractivity contribution in [3.05, 3.63) is 0 Å². The van der Waals surface area contributed by atoms with Crippen molar-refractivity contribution in [3.8, 4) is 0 Å². The van der Waals surface area contributed by atoms with Gasteiger partial charge in [-0.05, 0) is 46.1 Å². The van der Waals surface area contributed by atoms with Gasteiger partial charge in [0.1, 0.15) is 0 Å². The van der Waals surface area contributed by atoms with Crippen LogP contribution in [0, 0.1) is 5.92 Å². The summed E-state index contributed by atoms with van der Waals surface area (Å²) in [6.07, 6.45) is 3.45. The van der Waals surface area contributed by atoms with Crippen LogP contribution in [0.4, 0.5) is 0 Å². The van der Waals surface area contributed by atoms with E-state index >= 15 is 0 Å². The molecule has 0 aliphatic heterocycles. The third kappa shape index (κ3) is 5.55. The van der Waals surface area contributed by atoms with E-state index in [4.69, 9.17) is 5.73 Å². The van der Waals surface area contributed by atoms with Gasteiger partial charge in [0.15, 0.2) is 0 Å². The van der Waals surface area contributed by atoms with Crippen molar-refractivity contribution in [3.63, 3.8) is 0 Å². The van der Waals surface area contributed by atoms with E-state index in [1.165, 1.54) is 12.8 Å². The van der Waals surface area contributed by atoms with Gasteiger partial charge in [0.25, 0.3) is 0 Å². The first-order chi connectivity index (χ1) is 7.89. The number of halogens is 1. The number of nitrogens with zero attached hydrogens (tertiary/aromatic N) is 1. The van der Waals surface area contributed by atoms with Crippen LogP contribution in [0.5, 0.6) is 0 Å². The SMILES string of the molecule is CCC(C)(C)NC(=O)CN(C)C(CN)C1CC1.Cl. The highest BCUT2D eigenvalue weighted by Gasteiger charge is 2.33. The van der Waals surface area contributed by atoms with Gasteiger partial charge in [-0.3, -0.25) is 9.69 Å². The van der Waals surface area contributed by atoms with E-state index in [0.29, 0.717) is 25.0 Å². The number of amides is 1. The van der Waals surface area contributed by atoms with Crippen LogP contribution in [-0.4, -0.2) is 42.5 Å². The number of rotatable bonds is 7. The fraction of sp³-hybridized carbons (Fsp3) is 0.923. The zero-order valence-corrected chi connectivity index (χ0v) is 12.8. The molecule has 3 N–H and O–H groups in total. The predicted octanol–water partition coefficient (Wildman–Crippen LogP) is 1.38. The molecule has 1 unspecified atom stereocenters. The van der Waals surface area contributed by atoms with E-state index in [1.54, 1.807) is 0 Å². The van der Waals surface area contributed by atoms with E-state index in [0.717, 1.165) is 6.42 Å². The second kappa shape index (κ2) is 7.31. The molecule has 1 saturated carbocycles. The maximum absolute atomic E-state index is 11.9. The second-order valence-corrected chi connectivity index (χ2v) is 5.84. The number of hydrogen-bond donors (Lipinski definition) is 2. The molecular formula is C13H28ClN3O. The molecule has 1 amide bonds. The Balaban J connectivity index is 0.00000289. The van der Waals surface area contributed by atoms with Crippen molar-refractivity contribution in [1.82, 2.24) is 10.2 Å². The molecule has 1 atom stereocenters. The molecule has 108 valence electrons. The van der Waals surface area contributed by atoms with Crippen molar-refractivity contribution in [2.24, 2.45) is 11.7 Å². The number of nitrogens with one attached hydrogen (secondary N) is 1. The summed E-state index contributed by atoms with van der Waals surface area (Å²) < 4.78 is 0. The first-order valence-electron chi connectivity index (χ1n) is 6.61. The van der Waals surface area contributed by atoms with Crippen LogP contribution >= 0.6 is 12.4 Å². The van der Waals surface area contributed by atoms with Crippen molar-refractivity contribution in [1.29, 1.82) is 0 Å². The minimum absolute atomic E-state index is 0. The van der Waals surface area contributed by atoms with Gasteiger partial charge in [0.05, 0.1) is 6.54 Å². The highest BCUT2D eigenvalue weighted by molar-refractivity contribution is 5.85. The number of nitrogens with two attached hydrogens (primary N) is 1. The largest absolute Gasteiger partial charge is 0.350 e. The minimum Gasteiger partial charge on any atom is -0.350 e. The van der Waals surface area contributed by atoms with Gasteiger partial charge in [-0.25, -0.2) is 0 Å². The van der Waals surface area contributed by atoms with Gasteiger partial charge in [-0.15, -0.1) is 12.4 Å². The van der Waals surface area contributed by atoms with Gasteiger partial charge in [-0.1, -0.05) is 6.92 Å². The van der Waals surface area contributed by atoms with Crippen molar-refractivity contribution in [2.75, 3.05) is 20.1 Å². The van der Waals surface area contributed by atoms with Gasteiger partial charge >= 0.3 is 0 Å². The summed E-state index contributed by atoms with van der Waals surface area (Å²) in [5, 5.41) is 3.05. The summed E-state index contributed by atoms with van der Waals surface area (Å²) in [7, 11) is 1.99. The molecule has 0 saturated heterocycles. The second-order valence-electron chi connectivity index (χ2n) is 5.84. The van der Waals surface area contributed by atoms with E-state index in [9.17, 15) is 4.79 Å². The molecule has 1 fully saturated rings. The lowest BCUT2D eigenvalue weighted by molar-refractivity contribution is -0.124. The van der Waals surface area contributed by atoms with Crippen LogP contribution in [-0.2, 0) is 4.79 Å². The third-order valence-corrected chi connectivity index (χ3v) is 3.73. The molecule has 0 spiro atoms. The minimum atomic E-state index is -0.115. The monoisotopic (exact) mass is 277 g/mol. The van der Waals surface area contributed by atoms with Crippen molar-refractivity contribution >= 4 is 18.3 Å². The Morgan fingerprint density at radius 2 is 2.06 bits per heavy atom. The molecule has 0 aromatic heterocycles. The zero-order chi connectivity index (χ0) is 13.1. The lowest BCUT2D eigenvalue weighted by Gasteiger charge is -2.29. The molecule has 1 aliphatic rings. The van der Waals surface area contributed by atoms with Crippen LogP contribution in [0.15, 0.2) is 0 Å². The zero-order valence-electron chi connectivity index (χ0n) is 12.0. The maximum Gasteiger partial charge on any atom is 0.234 e. The molecule has 0 heterocycles. The summed E-state index contributed by atoms with van der Waals surface area (Å²) in [6, 6.07) is 0.366. The first kappa shape index (κ1) is 17.7. The van der Waals surface area contributed by atoms with Crippen LogP contribution in [0.2, 0.25) is 0 Å². The van der Waals surface area contributed by atoms with Gasteiger partial charge in [0.2, 0.25) is 5.91 Å². The molecule has 4 nitrogen and oxygen atoms in total. The highest BCUT2D eigenvalue weighted by atomic mass is 35.5. The lowest BCUT2D eigenvalue weighted by Crippen LogP contribution is -2.50. The van der Waals surface area contributed by atoms with Crippen molar-refractivity contribution < 1.29 is 4.79 Å². The van der Waals surface area contributed by atoms with E-state index in [1.807, 2.05) is 20.9 Å². The maximum atomic E-state index is 11.9. The molecule has 0 bridgehead atoms. The quantitative estimate of drug-likeness (QED) is 0.739. The standard InChI is InChI=1S/C13H27N3O.ClH/c1-5-13(2,3)15-12(17)9-16(4)11(8-14)10-6-7-10;/h10-11H,5-9,14H2,1-4H3,(H,15,17);1H. The first-order valence-corrected chi connectivity index (χ1v) is 6.61. The fourth-order valence-electron chi connectivity index (χ4n) is 2.06. The Labute approximate surface area is 117 Å². The summed E-state index contributed by atoms with van der Waals surface area (Å²) in [4.78, 5) is 14.0.